The molecule has 62 heavy (non-hydrogen) atoms. The van der Waals surface area contributed by atoms with Crippen molar-refractivity contribution >= 4 is 13.8 Å². The Hall–Kier alpha value is -1.02. The molecule has 0 fully saturated rings. The lowest BCUT2D eigenvalue weighted by molar-refractivity contribution is -0.870. The van der Waals surface area contributed by atoms with Crippen molar-refractivity contribution in [3.8, 4) is 0 Å². The second-order valence-corrected chi connectivity index (χ2v) is 20.7. The fourth-order valence-electron chi connectivity index (χ4n) is 7.64. The van der Waals surface area contributed by atoms with Gasteiger partial charge in [0.25, 0.3) is 0 Å². The minimum atomic E-state index is -4.28. The highest BCUT2D eigenvalue weighted by Crippen LogP contribution is 2.43. The molecule has 368 valence electrons. The Labute approximate surface area is 385 Å². The van der Waals surface area contributed by atoms with Crippen molar-refractivity contribution in [1.29, 1.82) is 0 Å². The van der Waals surface area contributed by atoms with Gasteiger partial charge in [0.15, 0.2) is 0 Å². The third-order valence-electron chi connectivity index (χ3n) is 11.8. The van der Waals surface area contributed by atoms with Crippen LogP contribution in [0.15, 0.2) is 24.3 Å². The molecule has 0 aliphatic carbocycles. The number of hydrogen-bond donors (Lipinski definition) is 1. The minimum Gasteiger partial charge on any atom is -0.457 e. The molecular weight excluding hydrogens is 794 g/mol. The van der Waals surface area contributed by atoms with E-state index in [0.717, 1.165) is 38.5 Å². The van der Waals surface area contributed by atoms with Crippen LogP contribution in [0, 0.1) is 0 Å². The number of nitrogens with zero attached hydrogens (tertiary/aromatic N) is 1. The topological polar surface area (TPSA) is 91.3 Å². The Morgan fingerprint density at radius 3 is 1.32 bits per heavy atom. The summed E-state index contributed by atoms with van der Waals surface area (Å²) in [6.07, 6.45) is 55.1. The van der Waals surface area contributed by atoms with Crippen LogP contribution < -0.4 is 0 Å². The molecule has 0 spiro atoms. The number of hydrogen-bond acceptors (Lipinski definition) is 6. The molecule has 0 heterocycles. The highest BCUT2D eigenvalue weighted by atomic mass is 31.2. The predicted molar refractivity (Wildman–Crippen MR) is 266 cm³/mol. The van der Waals surface area contributed by atoms with E-state index in [-0.39, 0.29) is 25.8 Å². The van der Waals surface area contributed by atoms with E-state index >= 15 is 0 Å². The zero-order chi connectivity index (χ0) is 45.5. The molecule has 0 aliphatic heterocycles. The van der Waals surface area contributed by atoms with Crippen molar-refractivity contribution in [3.05, 3.63) is 24.3 Å². The maximum absolute atomic E-state index is 12.8. The summed E-state index contributed by atoms with van der Waals surface area (Å²) in [6, 6.07) is 0. The number of allylic oxidation sites excluding steroid dienone is 4. The maximum atomic E-state index is 12.8. The van der Waals surface area contributed by atoms with Crippen molar-refractivity contribution in [2.75, 3.05) is 54.1 Å². The van der Waals surface area contributed by atoms with E-state index in [9.17, 15) is 14.3 Å². The number of likely N-dealkylation sites (N-methyl/N-ethyl adjacent to an activating group) is 1. The minimum absolute atomic E-state index is 0.0897. The van der Waals surface area contributed by atoms with Crippen molar-refractivity contribution in [1.82, 2.24) is 0 Å². The Morgan fingerprint density at radius 1 is 0.500 bits per heavy atom. The molecule has 1 N–H and O–H groups in total. The highest BCUT2D eigenvalue weighted by molar-refractivity contribution is 7.47. The summed E-state index contributed by atoms with van der Waals surface area (Å²) in [5.74, 6) is -0.310. The third kappa shape index (κ3) is 50.0. The normalized spacial score (nSPS) is 13.7. The SMILES string of the molecule is CCCCCC/C=C\C/C=C\CCCCCCCCCCOCC(COP(=O)(O)OCC[N+](C)(C)C)OC(=O)CCCCCCCCCCCCCCCCCCCCCCC. The zero-order valence-electron chi connectivity index (χ0n) is 41.9. The van der Waals surface area contributed by atoms with Crippen LogP contribution in [0.2, 0.25) is 0 Å². The first kappa shape index (κ1) is 61.0. The molecule has 9 heteroatoms. The molecular formula is C53H105NO7P+. The first-order valence-electron chi connectivity index (χ1n) is 26.6. The van der Waals surface area contributed by atoms with E-state index in [2.05, 4.69) is 38.2 Å². The van der Waals surface area contributed by atoms with E-state index in [0.29, 0.717) is 24.1 Å². The maximum Gasteiger partial charge on any atom is 0.472 e. The largest absolute Gasteiger partial charge is 0.472 e. The summed E-state index contributed by atoms with van der Waals surface area (Å²) in [4.78, 5) is 23.0. The van der Waals surface area contributed by atoms with E-state index in [1.165, 1.54) is 193 Å². The van der Waals surface area contributed by atoms with Crippen molar-refractivity contribution < 1.29 is 37.3 Å². The lowest BCUT2D eigenvalue weighted by atomic mass is 10.0. The monoisotopic (exact) mass is 899 g/mol. The molecule has 0 amide bonds. The summed E-state index contributed by atoms with van der Waals surface area (Å²) in [5.41, 5.74) is 0. The molecule has 8 nitrogen and oxygen atoms in total. The fraction of sp³-hybridized carbons (Fsp3) is 0.906. The molecule has 0 rings (SSSR count). The van der Waals surface area contributed by atoms with Gasteiger partial charge in [-0.3, -0.25) is 13.8 Å². The summed E-state index contributed by atoms with van der Waals surface area (Å²) < 4.78 is 35.2. The highest BCUT2D eigenvalue weighted by Gasteiger charge is 2.26. The number of ether oxygens (including phenoxy) is 2. The van der Waals surface area contributed by atoms with Gasteiger partial charge in [-0.1, -0.05) is 224 Å². The Balaban J connectivity index is 4.10. The molecule has 0 aromatic carbocycles. The van der Waals surface area contributed by atoms with Crippen LogP contribution in [0.1, 0.15) is 251 Å². The molecule has 0 saturated carbocycles. The molecule has 0 bridgehead atoms. The second kappa shape index (κ2) is 46.5. The van der Waals surface area contributed by atoms with Gasteiger partial charge in [-0.2, -0.15) is 0 Å². The lowest BCUT2D eigenvalue weighted by Crippen LogP contribution is -2.37. The quantitative estimate of drug-likeness (QED) is 0.0214. The average molecular weight is 899 g/mol. The average Bonchev–Trinajstić information content (AvgIpc) is 3.23. The van der Waals surface area contributed by atoms with Gasteiger partial charge in [-0.25, -0.2) is 4.57 Å². The van der Waals surface area contributed by atoms with Crippen LogP contribution in [0.4, 0.5) is 0 Å². The van der Waals surface area contributed by atoms with Crippen molar-refractivity contribution in [2.45, 2.75) is 258 Å². The van der Waals surface area contributed by atoms with Crippen LogP contribution in [-0.2, 0) is 27.9 Å². The Bertz CT molecular complexity index is 1050. The number of esters is 1. The van der Waals surface area contributed by atoms with E-state index in [4.69, 9.17) is 18.5 Å². The first-order valence-corrected chi connectivity index (χ1v) is 28.1. The van der Waals surface area contributed by atoms with E-state index in [1.54, 1.807) is 0 Å². The van der Waals surface area contributed by atoms with Crippen LogP contribution in [-0.4, -0.2) is 75.6 Å². The standard InChI is InChI=1S/C53H104NO7P/c1-6-8-10-12-14-16-18-20-22-24-26-27-28-30-32-34-36-38-40-42-44-46-53(55)61-52(51-60-62(56,57)59-49-47-54(3,4)5)50-58-48-45-43-41-39-37-35-33-31-29-25-23-21-19-17-15-13-11-9-7-2/h17,19,23,25,52H,6-16,18,20-22,24,26-51H2,1-5H3/p+1/b19-17-,25-23-. The number of carbonyl (C=O) groups excluding carboxylic acids is 1. The van der Waals surface area contributed by atoms with Gasteiger partial charge >= 0.3 is 13.8 Å². The molecule has 0 aromatic heterocycles. The molecule has 0 saturated heterocycles. The third-order valence-corrected chi connectivity index (χ3v) is 12.7. The smallest absolute Gasteiger partial charge is 0.457 e. The fourth-order valence-corrected chi connectivity index (χ4v) is 8.39. The van der Waals surface area contributed by atoms with Gasteiger partial charge in [0.2, 0.25) is 0 Å². The van der Waals surface area contributed by atoms with E-state index < -0.39 is 13.9 Å². The van der Waals surface area contributed by atoms with Gasteiger partial charge in [0, 0.05) is 13.0 Å². The zero-order valence-corrected chi connectivity index (χ0v) is 42.8. The van der Waals surface area contributed by atoms with Gasteiger partial charge < -0.3 is 18.9 Å². The van der Waals surface area contributed by atoms with Crippen molar-refractivity contribution in [2.24, 2.45) is 0 Å². The van der Waals surface area contributed by atoms with Gasteiger partial charge in [0.05, 0.1) is 34.4 Å². The van der Waals surface area contributed by atoms with Crippen LogP contribution in [0.5, 0.6) is 0 Å². The number of carbonyl (C=O) groups is 1. The summed E-state index contributed by atoms with van der Waals surface area (Å²) in [6.45, 7) is 5.65. The summed E-state index contributed by atoms with van der Waals surface area (Å²) >= 11 is 0. The molecule has 2 unspecified atom stereocenters. The van der Waals surface area contributed by atoms with Crippen LogP contribution in [0.3, 0.4) is 0 Å². The molecule has 0 aliphatic rings. The summed E-state index contributed by atoms with van der Waals surface area (Å²) in [7, 11) is 1.68. The first-order chi connectivity index (χ1) is 30.1. The van der Waals surface area contributed by atoms with E-state index in [1.807, 2.05) is 21.1 Å². The Morgan fingerprint density at radius 2 is 0.887 bits per heavy atom. The van der Waals surface area contributed by atoms with Gasteiger partial charge in [-0.15, -0.1) is 0 Å². The molecule has 0 radical (unpaired) electrons. The second-order valence-electron chi connectivity index (χ2n) is 19.3. The predicted octanol–water partition coefficient (Wildman–Crippen LogP) is 16.3. The van der Waals surface area contributed by atoms with Crippen molar-refractivity contribution in [3.63, 3.8) is 0 Å². The number of phosphoric ester groups is 1. The lowest BCUT2D eigenvalue weighted by Gasteiger charge is -2.24. The number of unbranched alkanes of at least 4 members (excludes halogenated alkanes) is 32. The molecule has 0 aromatic rings. The summed E-state index contributed by atoms with van der Waals surface area (Å²) in [5, 5.41) is 0. The number of quaternary nitrogens is 1. The Kier molecular flexibility index (Phi) is 45.7. The number of phosphoric acid groups is 1. The number of rotatable bonds is 50. The van der Waals surface area contributed by atoms with Gasteiger partial charge in [0.1, 0.15) is 19.3 Å². The van der Waals surface area contributed by atoms with Gasteiger partial charge in [-0.05, 0) is 44.9 Å². The van der Waals surface area contributed by atoms with Crippen LogP contribution >= 0.6 is 7.82 Å². The molecule has 2 atom stereocenters. The van der Waals surface area contributed by atoms with Crippen LogP contribution in [0.25, 0.3) is 0 Å².